The number of hydrogen-bond acceptors (Lipinski definition) is 2. The number of phenols is 1. The summed E-state index contributed by atoms with van der Waals surface area (Å²) in [6.45, 7) is 0. The molecule has 0 aliphatic heterocycles. The lowest BCUT2D eigenvalue weighted by Crippen LogP contribution is -1.95. The van der Waals surface area contributed by atoms with Crippen molar-refractivity contribution in [2.24, 2.45) is 0 Å². The highest BCUT2D eigenvalue weighted by atomic mass is 16.4. The first-order valence-electron chi connectivity index (χ1n) is 3.14. The van der Waals surface area contributed by atoms with Gasteiger partial charge >= 0.3 is 5.97 Å². The summed E-state index contributed by atoms with van der Waals surface area (Å²) in [5, 5.41) is 17.4. The van der Waals surface area contributed by atoms with Crippen molar-refractivity contribution in [3.8, 4) is 5.75 Å². The average Bonchev–Trinajstić information content (AvgIpc) is 1.85. The highest BCUT2D eigenvalue weighted by Crippen LogP contribution is 2.14. The Labute approximate surface area is 59.0 Å². The van der Waals surface area contributed by atoms with Gasteiger partial charge in [0, 0.05) is 0 Å². The summed E-state index contributed by atoms with van der Waals surface area (Å²) in [5.41, 5.74) is -0.180. The molecule has 2 N–H and O–H groups in total. The first-order valence-corrected chi connectivity index (χ1v) is 2.64. The van der Waals surface area contributed by atoms with Crippen molar-refractivity contribution >= 4 is 5.97 Å². The van der Waals surface area contributed by atoms with E-state index in [1.54, 1.807) is 0 Å². The molecule has 52 valence electrons. The van der Waals surface area contributed by atoms with Crippen LogP contribution in [0.2, 0.25) is 0 Å². The second-order valence-corrected chi connectivity index (χ2v) is 1.75. The van der Waals surface area contributed by atoms with Crippen LogP contribution in [0.15, 0.2) is 24.2 Å². The van der Waals surface area contributed by atoms with Gasteiger partial charge in [0.25, 0.3) is 0 Å². The van der Waals surface area contributed by atoms with E-state index in [9.17, 15) is 4.79 Å². The molecule has 0 aliphatic carbocycles. The Morgan fingerprint density at radius 2 is 2.30 bits per heavy atom. The highest BCUT2D eigenvalue weighted by Gasteiger charge is 2.05. The third-order valence-corrected chi connectivity index (χ3v) is 1.07. The molecule has 0 saturated carbocycles. The van der Waals surface area contributed by atoms with E-state index < -0.39 is 5.97 Å². The van der Waals surface area contributed by atoms with Crippen LogP contribution in [-0.2, 0) is 0 Å². The number of hydrogen-bond donors (Lipinski definition) is 2. The van der Waals surface area contributed by atoms with Gasteiger partial charge in [0.05, 0.1) is 1.37 Å². The second kappa shape index (κ2) is 2.39. The van der Waals surface area contributed by atoms with E-state index in [-0.39, 0.29) is 17.4 Å². The number of carbonyl (C=O) groups is 1. The Balaban J connectivity index is 3.20. The second-order valence-electron chi connectivity index (χ2n) is 1.75. The van der Waals surface area contributed by atoms with Gasteiger partial charge in [-0.25, -0.2) is 4.79 Å². The van der Waals surface area contributed by atoms with Crippen LogP contribution in [0.3, 0.4) is 0 Å². The van der Waals surface area contributed by atoms with Crippen LogP contribution in [0.1, 0.15) is 11.7 Å². The lowest BCUT2D eigenvalue weighted by atomic mass is 10.2. The summed E-state index contributed by atoms with van der Waals surface area (Å²) < 4.78 is 7.02. The molecule has 0 unspecified atom stereocenters. The van der Waals surface area contributed by atoms with Crippen molar-refractivity contribution < 1.29 is 16.4 Å². The normalized spacial score (nSPS) is 10.6. The number of carboxylic acids is 1. The van der Waals surface area contributed by atoms with Crippen molar-refractivity contribution in [1.82, 2.24) is 0 Å². The molecule has 1 aromatic rings. The van der Waals surface area contributed by atoms with Crippen LogP contribution in [-0.4, -0.2) is 16.2 Å². The molecule has 3 heteroatoms. The van der Waals surface area contributed by atoms with Crippen molar-refractivity contribution in [3.63, 3.8) is 0 Å². The largest absolute Gasteiger partial charge is 0.507 e. The molecule has 0 spiro atoms. The molecule has 0 amide bonds. The molecule has 1 rings (SSSR count). The standard InChI is InChI=1S/C7H6O3/c8-6-4-2-1-3-5(6)7(9)10/h1-4,8H,(H,9,10)/i2D. The smallest absolute Gasteiger partial charge is 0.339 e. The van der Waals surface area contributed by atoms with Gasteiger partial charge in [-0.05, 0) is 12.1 Å². The van der Waals surface area contributed by atoms with Gasteiger partial charge in [0.1, 0.15) is 11.3 Å². The zero-order valence-corrected chi connectivity index (χ0v) is 5.03. The van der Waals surface area contributed by atoms with Crippen LogP contribution >= 0.6 is 0 Å². The van der Waals surface area contributed by atoms with Crippen molar-refractivity contribution in [1.29, 1.82) is 0 Å². The Morgan fingerprint density at radius 3 is 2.80 bits per heavy atom. The van der Waals surface area contributed by atoms with E-state index in [1.165, 1.54) is 12.1 Å². The molecule has 0 bridgehead atoms. The topological polar surface area (TPSA) is 57.5 Å². The number of rotatable bonds is 1. The number of carboxylic acid groups (broad SMARTS) is 1. The van der Waals surface area contributed by atoms with Crippen molar-refractivity contribution in [2.45, 2.75) is 0 Å². The SMILES string of the molecule is [2H]c1ccc(C(=O)O)c(O)c1. The third-order valence-electron chi connectivity index (χ3n) is 1.07. The van der Waals surface area contributed by atoms with Gasteiger partial charge in [0.15, 0.2) is 0 Å². The van der Waals surface area contributed by atoms with Gasteiger partial charge in [-0.1, -0.05) is 12.1 Å². The van der Waals surface area contributed by atoms with Gasteiger partial charge in [-0.2, -0.15) is 0 Å². The summed E-state index contributed by atoms with van der Waals surface area (Å²) in [4.78, 5) is 10.3. The van der Waals surface area contributed by atoms with Crippen molar-refractivity contribution in [3.05, 3.63) is 29.8 Å². The number of aromatic carboxylic acids is 1. The Bertz CT molecular complexity index is 296. The summed E-state index contributed by atoms with van der Waals surface area (Å²) in [6, 6.07) is 3.68. The fourth-order valence-corrected chi connectivity index (χ4v) is 0.602. The van der Waals surface area contributed by atoms with Gasteiger partial charge in [-0.3, -0.25) is 0 Å². The molecule has 0 fully saturated rings. The first kappa shape index (κ1) is 5.29. The molecule has 0 heterocycles. The Kier molecular flexibility index (Phi) is 1.26. The fourth-order valence-electron chi connectivity index (χ4n) is 0.602. The molecule has 0 aliphatic rings. The van der Waals surface area contributed by atoms with Gasteiger partial charge in [0.2, 0.25) is 0 Å². The fraction of sp³-hybridized carbons (Fsp3) is 0. The molecule has 0 radical (unpaired) electrons. The van der Waals surface area contributed by atoms with Crippen LogP contribution in [0.5, 0.6) is 5.75 Å². The van der Waals surface area contributed by atoms with E-state index in [0.29, 0.717) is 0 Å². The minimum atomic E-state index is -1.19. The van der Waals surface area contributed by atoms with E-state index in [1.807, 2.05) is 0 Å². The molecule has 3 nitrogen and oxygen atoms in total. The monoisotopic (exact) mass is 139 g/mol. The Hall–Kier alpha value is -1.51. The molecule has 0 atom stereocenters. The van der Waals surface area contributed by atoms with E-state index in [2.05, 4.69) is 0 Å². The third kappa shape index (κ3) is 1.07. The molecular formula is C7H6O3. The van der Waals surface area contributed by atoms with Gasteiger partial charge < -0.3 is 10.2 Å². The lowest BCUT2D eigenvalue weighted by Gasteiger charge is -1.95. The first-order chi connectivity index (χ1) is 5.11. The minimum absolute atomic E-state index is 0.0903. The summed E-state index contributed by atoms with van der Waals surface area (Å²) >= 11 is 0. The maximum atomic E-state index is 10.3. The molecule has 0 saturated heterocycles. The predicted molar refractivity (Wildman–Crippen MR) is 35.1 cm³/mol. The lowest BCUT2D eigenvalue weighted by molar-refractivity contribution is 0.0694. The summed E-state index contributed by atoms with van der Waals surface area (Å²) in [7, 11) is 0. The van der Waals surface area contributed by atoms with Crippen LogP contribution in [0.4, 0.5) is 0 Å². The van der Waals surface area contributed by atoms with Crippen LogP contribution in [0, 0.1) is 0 Å². The quantitative estimate of drug-likeness (QED) is 0.612. The van der Waals surface area contributed by atoms with E-state index >= 15 is 0 Å². The predicted octanol–water partition coefficient (Wildman–Crippen LogP) is 1.09. The molecule has 10 heavy (non-hydrogen) atoms. The van der Waals surface area contributed by atoms with E-state index in [4.69, 9.17) is 11.6 Å². The summed E-state index contributed by atoms with van der Waals surface area (Å²) in [5.74, 6) is -1.56. The highest BCUT2D eigenvalue weighted by molar-refractivity contribution is 5.90. The average molecular weight is 139 g/mol. The molecule has 0 aromatic heterocycles. The van der Waals surface area contributed by atoms with Gasteiger partial charge in [-0.15, -0.1) is 0 Å². The molecule has 1 aromatic carbocycles. The molecular weight excluding hydrogens is 132 g/mol. The number of benzene rings is 1. The van der Waals surface area contributed by atoms with Crippen LogP contribution < -0.4 is 0 Å². The number of aromatic hydroxyl groups is 1. The minimum Gasteiger partial charge on any atom is -0.507 e. The summed E-state index contributed by atoms with van der Waals surface area (Å²) in [6.07, 6.45) is 0. The zero-order chi connectivity index (χ0) is 8.43. The number of para-hydroxylation sites is 1. The van der Waals surface area contributed by atoms with Crippen LogP contribution in [0.25, 0.3) is 0 Å². The zero-order valence-electron chi connectivity index (χ0n) is 6.03. The van der Waals surface area contributed by atoms with Crippen molar-refractivity contribution in [2.75, 3.05) is 0 Å². The maximum absolute atomic E-state index is 10.3. The maximum Gasteiger partial charge on any atom is 0.339 e. The van der Waals surface area contributed by atoms with E-state index in [0.717, 1.165) is 6.07 Å². The Morgan fingerprint density at radius 1 is 1.60 bits per heavy atom.